The van der Waals surface area contributed by atoms with Gasteiger partial charge < -0.3 is 0 Å². The smallest absolute Gasteiger partial charge is 0.196 e. The maximum absolute atomic E-state index is 13.3. The Balaban J connectivity index is 2.11. The summed E-state index contributed by atoms with van der Waals surface area (Å²) in [5.41, 5.74) is 1.62. The standard InChI is InChI=1S/C20H26N2O5S2/c1-6-9-28(24,25)11-16-15(10-21-22(16)5)19(23)14-7-8-17-18(13(14)2)20(3,4)12-29(17,26)27/h7-8,10H,6,9,11-12H2,1-5H3. The van der Waals surface area contributed by atoms with Crippen LogP contribution in [-0.2, 0) is 37.9 Å². The topological polar surface area (TPSA) is 103 Å². The number of nitrogens with zero attached hydrogens (tertiary/aromatic N) is 2. The molecule has 1 aliphatic heterocycles. The second kappa shape index (κ2) is 7.05. The van der Waals surface area contributed by atoms with Crippen molar-refractivity contribution in [1.82, 2.24) is 9.78 Å². The van der Waals surface area contributed by atoms with Gasteiger partial charge in [0.1, 0.15) is 0 Å². The molecule has 1 aliphatic rings. The Labute approximate surface area is 172 Å². The lowest BCUT2D eigenvalue weighted by atomic mass is 9.81. The molecule has 3 rings (SSSR count). The number of hydrogen-bond acceptors (Lipinski definition) is 6. The zero-order valence-corrected chi connectivity index (χ0v) is 18.9. The maximum Gasteiger partial charge on any atom is 0.196 e. The quantitative estimate of drug-likeness (QED) is 0.642. The number of aromatic nitrogens is 2. The molecule has 9 heteroatoms. The Hall–Kier alpha value is -2.00. The summed E-state index contributed by atoms with van der Waals surface area (Å²) in [6.45, 7) is 7.24. The molecular formula is C20H26N2O5S2. The SMILES string of the molecule is CCCS(=O)(=O)Cc1c(C(=O)c2ccc3c(c2C)C(C)(C)CS3(=O)=O)cnn1C. The minimum Gasteiger partial charge on any atom is -0.288 e. The van der Waals surface area contributed by atoms with Gasteiger partial charge in [-0.15, -0.1) is 0 Å². The predicted molar refractivity (Wildman–Crippen MR) is 111 cm³/mol. The number of fused-ring (bicyclic) bond motifs is 1. The van der Waals surface area contributed by atoms with Crippen LogP contribution in [0.5, 0.6) is 0 Å². The van der Waals surface area contributed by atoms with E-state index in [4.69, 9.17) is 0 Å². The average Bonchev–Trinajstić information content (AvgIpc) is 3.01. The van der Waals surface area contributed by atoms with Gasteiger partial charge in [-0.2, -0.15) is 5.10 Å². The van der Waals surface area contributed by atoms with E-state index in [1.165, 1.54) is 23.0 Å². The molecule has 0 radical (unpaired) electrons. The summed E-state index contributed by atoms with van der Waals surface area (Å²) in [5, 5.41) is 4.10. The van der Waals surface area contributed by atoms with Crippen molar-refractivity contribution >= 4 is 25.5 Å². The van der Waals surface area contributed by atoms with E-state index in [-0.39, 0.29) is 33.5 Å². The molecule has 2 aromatic rings. The molecule has 7 nitrogen and oxygen atoms in total. The van der Waals surface area contributed by atoms with Gasteiger partial charge in [-0.25, -0.2) is 16.8 Å². The lowest BCUT2D eigenvalue weighted by Crippen LogP contribution is -2.21. The third-order valence-electron chi connectivity index (χ3n) is 5.41. The zero-order valence-electron chi connectivity index (χ0n) is 17.3. The van der Waals surface area contributed by atoms with Crippen LogP contribution in [0.2, 0.25) is 0 Å². The van der Waals surface area contributed by atoms with Crippen molar-refractivity contribution in [3.8, 4) is 0 Å². The molecule has 1 aromatic heterocycles. The predicted octanol–water partition coefficient (Wildman–Crippen LogP) is 2.35. The molecule has 0 saturated carbocycles. The van der Waals surface area contributed by atoms with Gasteiger partial charge in [0.2, 0.25) is 0 Å². The van der Waals surface area contributed by atoms with Gasteiger partial charge in [0.15, 0.2) is 25.5 Å². The number of ketones is 1. The second-order valence-corrected chi connectivity index (χ2v) is 12.4. The van der Waals surface area contributed by atoms with Crippen LogP contribution >= 0.6 is 0 Å². The first-order valence-corrected chi connectivity index (χ1v) is 12.9. The van der Waals surface area contributed by atoms with Crippen molar-refractivity contribution in [2.45, 2.75) is 50.2 Å². The van der Waals surface area contributed by atoms with Crippen LogP contribution in [-0.4, -0.2) is 43.9 Å². The number of benzene rings is 1. The van der Waals surface area contributed by atoms with Crippen LogP contribution in [0, 0.1) is 6.92 Å². The van der Waals surface area contributed by atoms with Gasteiger partial charge in [-0.3, -0.25) is 9.48 Å². The fourth-order valence-electron chi connectivity index (χ4n) is 4.22. The highest BCUT2D eigenvalue weighted by Crippen LogP contribution is 2.42. The van der Waals surface area contributed by atoms with Crippen molar-refractivity contribution in [3.63, 3.8) is 0 Å². The Morgan fingerprint density at radius 3 is 2.52 bits per heavy atom. The number of carbonyl (C=O) groups excluding carboxylic acids is 1. The van der Waals surface area contributed by atoms with E-state index in [2.05, 4.69) is 5.10 Å². The molecule has 2 heterocycles. The van der Waals surface area contributed by atoms with E-state index < -0.39 is 25.1 Å². The van der Waals surface area contributed by atoms with E-state index in [0.29, 0.717) is 28.8 Å². The molecule has 0 spiro atoms. The number of sulfone groups is 2. The largest absolute Gasteiger partial charge is 0.288 e. The highest BCUT2D eigenvalue weighted by molar-refractivity contribution is 7.91. The van der Waals surface area contributed by atoms with Gasteiger partial charge in [0.05, 0.1) is 39.6 Å². The molecule has 0 unspecified atom stereocenters. The molecule has 0 aliphatic carbocycles. The minimum atomic E-state index is -3.38. The van der Waals surface area contributed by atoms with Crippen LogP contribution in [0.4, 0.5) is 0 Å². The van der Waals surface area contributed by atoms with Crippen molar-refractivity contribution in [1.29, 1.82) is 0 Å². The van der Waals surface area contributed by atoms with Crippen LogP contribution in [0.3, 0.4) is 0 Å². The monoisotopic (exact) mass is 438 g/mol. The van der Waals surface area contributed by atoms with Gasteiger partial charge >= 0.3 is 0 Å². The highest BCUT2D eigenvalue weighted by Gasteiger charge is 2.42. The molecule has 0 saturated heterocycles. The van der Waals surface area contributed by atoms with Crippen LogP contribution in [0.1, 0.15) is 59.9 Å². The van der Waals surface area contributed by atoms with E-state index in [9.17, 15) is 21.6 Å². The highest BCUT2D eigenvalue weighted by atomic mass is 32.2. The number of hydrogen-bond donors (Lipinski definition) is 0. The van der Waals surface area contributed by atoms with Crippen LogP contribution in [0.25, 0.3) is 0 Å². The Bertz CT molecular complexity index is 1210. The summed E-state index contributed by atoms with van der Waals surface area (Å²) in [7, 11) is -5.14. The van der Waals surface area contributed by atoms with E-state index >= 15 is 0 Å². The second-order valence-electron chi connectivity index (χ2n) is 8.30. The molecule has 0 fully saturated rings. The van der Waals surface area contributed by atoms with Crippen molar-refractivity contribution in [2.24, 2.45) is 7.05 Å². The first kappa shape index (κ1) is 21.7. The van der Waals surface area contributed by atoms with Gasteiger partial charge in [0, 0.05) is 18.0 Å². The van der Waals surface area contributed by atoms with Gasteiger partial charge in [-0.05, 0) is 36.6 Å². The first-order valence-electron chi connectivity index (χ1n) is 9.43. The van der Waals surface area contributed by atoms with E-state index in [0.717, 1.165) is 0 Å². The molecule has 29 heavy (non-hydrogen) atoms. The Kier molecular flexibility index (Phi) is 5.28. The molecule has 0 amide bonds. The maximum atomic E-state index is 13.3. The first-order chi connectivity index (χ1) is 13.3. The average molecular weight is 439 g/mol. The van der Waals surface area contributed by atoms with E-state index in [1.54, 1.807) is 20.9 Å². The molecular weight excluding hydrogens is 412 g/mol. The number of aryl methyl sites for hydroxylation is 1. The normalized spacial score (nSPS) is 17.3. The van der Waals surface area contributed by atoms with Gasteiger partial charge in [0.25, 0.3) is 0 Å². The van der Waals surface area contributed by atoms with Crippen molar-refractivity contribution in [2.75, 3.05) is 11.5 Å². The molecule has 158 valence electrons. The third kappa shape index (κ3) is 3.77. The lowest BCUT2D eigenvalue weighted by Gasteiger charge is -2.21. The zero-order chi connectivity index (χ0) is 21.8. The molecule has 0 atom stereocenters. The summed E-state index contributed by atoms with van der Waals surface area (Å²) in [6.07, 6.45) is 1.88. The summed E-state index contributed by atoms with van der Waals surface area (Å²) in [4.78, 5) is 13.6. The molecule has 1 aromatic carbocycles. The number of carbonyl (C=O) groups is 1. The summed E-state index contributed by atoms with van der Waals surface area (Å²) in [6, 6.07) is 3.01. The Morgan fingerprint density at radius 2 is 1.90 bits per heavy atom. The van der Waals surface area contributed by atoms with Gasteiger partial charge in [-0.1, -0.05) is 20.8 Å². The van der Waals surface area contributed by atoms with Crippen LogP contribution in [0.15, 0.2) is 23.2 Å². The molecule has 0 bridgehead atoms. The Morgan fingerprint density at radius 1 is 1.24 bits per heavy atom. The fraction of sp³-hybridized carbons (Fsp3) is 0.500. The third-order valence-corrected chi connectivity index (χ3v) is 9.27. The van der Waals surface area contributed by atoms with Crippen molar-refractivity contribution in [3.05, 3.63) is 46.3 Å². The lowest BCUT2D eigenvalue weighted by molar-refractivity contribution is 0.103. The number of rotatable bonds is 6. The summed E-state index contributed by atoms with van der Waals surface area (Å²) < 4.78 is 51.0. The minimum absolute atomic E-state index is 0.00121. The summed E-state index contributed by atoms with van der Waals surface area (Å²) >= 11 is 0. The van der Waals surface area contributed by atoms with Crippen molar-refractivity contribution < 1.29 is 21.6 Å². The van der Waals surface area contributed by atoms with E-state index in [1.807, 2.05) is 13.8 Å². The molecule has 0 N–H and O–H groups in total. The van der Waals surface area contributed by atoms with Crippen LogP contribution < -0.4 is 0 Å². The summed E-state index contributed by atoms with van der Waals surface area (Å²) in [5.74, 6) is -0.570. The fourth-order valence-corrected chi connectivity index (χ4v) is 8.01.